The first-order chi connectivity index (χ1) is 11.0. The Kier molecular flexibility index (Phi) is 5.20. The molecule has 0 bridgehead atoms. The number of hydrogen-bond acceptors (Lipinski definition) is 6. The Balaban J connectivity index is 2.00. The molecule has 1 aromatic rings. The van der Waals surface area contributed by atoms with E-state index in [9.17, 15) is 4.21 Å². The molecule has 0 aliphatic carbocycles. The highest BCUT2D eigenvalue weighted by Gasteiger charge is 2.41. The van der Waals surface area contributed by atoms with Gasteiger partial charge in [-0.3, -0.25) is 4.21 Å². The van der Waals surface area contributed by atoms with E-state index in [4.69, 9.17) is 21.1 Å². The molecule has 0 radical (unpaired) electrons. The maximum atomic E-state index is 12.5. The van der Waals surface area contributed by atoms with Crippen LogP contribution in [0.4, 0.5) is 5.82 Å². The van der Waals surface area contributed by atoms with Gasteiger partial charge >= 0.3 is 0 Å². The van der Waals surface area contributed by atoms with Gasteiger partial charge in [-0.15, -0.1) is 0 Å². The van der Waals surface area contributed by atoms with Crippen LogP contribution < -0.4 is 4.90 Å². The fourth-order valence-electron chi connectivity index (χ4n) is 3.25. The molecule has 6 nitrogen and oxygen atoms in total. The van der Waals surface area contributed by atoms with Crippen molar-refractivity contribution in [2.24, 2.45) is 0 Å². The van der Waals surface area contributed by atoms with E-state index in [1.165, 1.54) is 0 Å². The van der Waals surface area contributed by atoms with E-state index >= 15 is 0 Å². The standard InChI is InChI=1S/C15H22ClN3O3S/c1-11-10-22-8-5-19(11)13-9-12(17-14(16)18-13)15(23(2)20)3-6-21-7-4-15/h9,11H,3-8,10H2,1-2H3/t11?,23-/m0/s1. The molecule has 23 heavy (non-hydrogen) atoms. The van der Waals surface area contributed by atoms with Crippen molar-refractivity contribution in [3.05, 3.63) is 17.0 Å². The molecule has 0 saturated carbocycles. The molecule has 1 aromatic heterocycles. The van der Waals surface area contributed by atoms with Crippen LogP contribution in [0.25, 0.3) is 0 Å². The number of rotatable bonds is 3. The number of anilines is 1. The van der Waals surface area contributed by atoms with Crippen molar-refractivity contribution in [1.29, 1.82) is 0 Å². The van der Waals surface area contributed by atoms with Gasteiger partial charge in [0.05, 0.1) is 29.7 Å². The third-order valence-corrected chi connectivity index (χ3v) is 6.55. The summed E-state index contributed by atoms with van der Waals surface area (Å²) in [6.45, 7) is 5.36. The fourth-order valence-corrected chi connectivity index (χ4v) is 4.56. The van der Waals surface area contributed by atoms with E-state index in [2.05, 4.69) is 21.8 Å². The number of hydrogen-bond donors (Lipinski definition) is 0. The summed E-state index contributed by atoms with van der Waals surface area (Å²) in [4.78, 5) is 11.0. The van der Waals surface area contributed by atoms with Gasteiger partial charge < -0.3 is 14.4 Å². The predicted octanol–water partition coefficient (Wildman–Crippen LogP) is 1.74. The molecule has 0 amide bonds. The largest absolute Gasteiger partial charge is 0.381 e. The van der Waals surface area contributed by atoms with Crippen LogP contribution in [0.5, 0.6) is 0 Å². The lowest BCUT2D eigenvalue weighted by Gasteiger charge is -2.37. The molecule has 0 spiro atoms. The van der Waals surface area contributed by atoms with Gasteiger partial charge in [-0.1, -0.05) is 0 Å². The predicted molar refractivity (Wildman–Crippen MR) is 90.5 cm³/mol. The molecule has 2 fully saturated rings. The molecular weight excluding hydrogens is 338 g/mol. The van der Waals surface area contributed by atoms with Crippen molar-refractivity contribution < 1.29 is 13.7 Å². The summed E-state index contributed by atoms with van der Waals surface area (Å²) in [5, 5.41) is 0.201. The molecule has 2 aliphatic rings. The zero-order valence-electron chi connectivity index (χ0n) is 13.5. The van der Waals surface area contributed by atoms with E-state index in [1.54, 1.807) is 6.26 Å². The van der Waals surface area contributed by atoms with Crippen molar-refractivity contribution in [2.45, 2.75) is 30.6 Å². The summed E-state index contributed by atoms with van der Waals surface area (Å²) in [6, 6.07) is 2.17. The summed E-state index contributed by atoms with van der Waals surface area (Å²) < 4.78 is 22.9. The number of nitrogens with zero attached hydrogens (tertiary/aromatic N) is 3. The zero-order chi connectivity index (χ0) is 16.4. The molecule has 8 heteroatoms. The van der Waals surface area contributed by atoms with Crippen LogP contribution in [0, 0.1) is 0 Å². The first kappa shape index (κ1) is 17.1. The quantitative estimate of drug-likeness (QED) is 0.766. The van der Waals surface area contributed by atoms with E-state index in [1.807, 2.05) is 6.07 Å². The first-order valence-electron chi connectivity index (χ1n) is 7.84. The van der Waals surface area contributed by atoms with Crippen molar-refractivity contribution in [2.75, 3.05) is 44.1 Å². The first-order valence-corrected chi connectivity index (χ1v) is 9.77. The van der Waals surface area contributed by atoms with Crippen molar-refractivity contribution in [1.82, 2.24) is 9.97 Å². The second-order valence-electron chi connectivity index (χ2n) is 6.06. The summed E-state index contributed by atoms with van der Waals surface area (Å²) in [7, 11) is -1.06. The van der Waals surface area contributed by atoms with Gasteiger partial charge in [0, 0.05) is 42.9 Å². The highest BCUT2D eigenvalue weighted by Crippen LogP contribution is 2.38. The molecule has 1 unspecified atom stereocenters. The maximum absolute atomic E-state index is 12.5. The van der Waals surface area contributed by atoms with Gasteiger partial charge in [0.15, 0.2) is 0 Å². The van der Waals surface area contributed by atoms with E-state index in [0.29, 0.717) is 39.3 Å². The second kappa shape index (κ2) is 7.01. The minimum Gasteiger partial charge on any atom is -0.381 e. The zero-order valence-corrected chi connectivity index (χ0v) is 15.0. The van der Waals surface area contributed by atoms with Crippen molar-refractivity contribution in [3.8, 4) is 0 Å². The van der Waals surface area contributed by atoms with Crippen LogP contribution in [-0.2, 0) is 25.0 Å². The highest BCUT2D eigenvalue weighted by atomic mass is 35.5. The summed E-state index contributed by atoms with van der Waals surface area (Å²) in [5.74, 6) is 0.784. The van der Waals surface area contributed by atoms with Crippen LogP contribution in [0.3, 0.4) is 0 Å². The van der Waals surface area contributed by atoms with Crippen molar-refractivity contribution >= 4 is 28.2 Å². The average Bonchev–Trinajstić information content (AvgIpc) is 2.55. The normalized spacial score (nSPS) is 26.0. The summed E-state index contributed by atoms with van der Waals surface area (Å²) in [5.41, 5.74) is 0.760. The molecule has 3 rings (SSSR count). The molecule has 128 valence electrons. The van der Waals surface area contributed by atoms with Gasteiger partial charge in [-0.2, -0.15) is 0 Å². The minimum atomic E-state index is -1.06. The molecule has 3 heterocycles. The van der Waals surface area contributed by atoms with Crippen LogP contribution in [0.1, 0.15) is 25.5 Å². The van der Waals surface area contributed by atoms with Crippen molar-refractivity contribution in [3.63, 3.8) is 0 Å². The Bertz CT molecular complexity index is 595. The molecule has 0 aromatic carbocycles. The lowest BCUT2D eigenvalue weighted by Crippen LogP contribution is -2.44. The number of halogens is 1. The summed E-state index contributed by atoms with van der Waals surface area (Å²) in [6.07, 6.45) is 3.10. The minimum absolute atomic E-state index is 0.201. The van der Waals surface area contributed by atoms with Gasteiger partial charge in [0.1, 0.15) is 5.82 Å². The maximum Gasteiger partial charge on any atom is 0.224 e. The smallest absolute Gasteiger partial charge is 0.224 e. The topological polar surface area (TPSA) is 64.5 Å². The Morgan fingerprint density at radius 1 is 1.30 bits per heavy atom. The Labute approximate surface area is 144 Å². The Morgan fingerprint density at radius 2 is 2.04 bits per heavy atom. The number of aromatic nitrogens is 2. The number of ether oxygens (including phenoxy) is 2. The van der Waals surface area contributed by atoms with E-state index in [-0.39, 0.29) is 11.3 Å². The van der Waals surface area contributed by atoms with Crippen LogP contribution in [0.15, 0.2) is 6.07 Å². The van der Waals surface area contributed by atoms with Gasteiger partial charge in [0.2, 0.25) is 5.28 Å². The lowest BCUT2D eigenvalue weighted by molar-refractivity contribution is 0.0745. The molecule has 2 aliphatic heterocycles. The highest BCUT2D eigenvalue weighted by molar-refractivity contribution is 7.85. The molecule has 2 atom stereocenters. The molecule has 0 N–H and O–H groups in total. The fraction of sp³-hybridized carbons (Fsp3) is 0.733. The Morgan fingerprint density at radius 3 is 2.70 bits per heavy atom. The van der Waals surface area contributed by atoms with Gasteiger partial charge in [0.25, 0.3) is 0 Å². The lowest BCUT2D eigenvalue weighted by atomic mass is 9.94. The third kappa shape index (κ3) is 3.38. The van der Waals surface area contributed by atoms with Crippen LogP contribution in [-0.4, -0.2) is 59.4 Å². The SMILES string of the molecule is CC1COCCN1c1cc(C2([S@](C)=O)CCOCC2)nc(Cl)n1. The monoisotopic (exact) mass is 359 g/mol. The van der Waals surface area contributed by atoms with Crippen LogP contribution >= 0.6 is 11.6 Å². The van der Waals surface area contributed by atoms with E-state index in [0.717, 1.165) is 18.1 Å². The van der Waals surface area contributed by atoms with Gasteiger partial charge in [-0.25, -0.2) is 9.97 Å². The number of morpholine rings is 1. The van der Waals surface area contributed by atoms with Gasteiger partial charge in [-0.05, 0) is 31.4 Å². The third-order valence-electron chi connectivity index (χ3n) is 4.66. The van der Waals surface area contributed by atoms with E-state index < -0.39 is 15.5 Å². The summed E-state index contributed by atoms with van der Waals surface area (Å²) >= 11 is 6.19. The second-order valence-corrected chi connectivity index (χ2v) is 8.09. The Hall–Kier alpha value is -0.760. The molecule has 2 saturated heterocycles. The average molecular weight is 360 g/mol. The molecular formula is C15H22ClN3O3S. The van der Waals surface area contributed by atoms with Crippen LogP contribution in [0.2, 0.25) is 5.28 Å².